The van der Waals surface area contributed by atoms with E-state index in [1.807, 2.05) is 0 Å². The van der Waals surface area contributed by atoms with Gasteiger partial charge in [-0.25, -0.2) is 4.79 Å². The molecule has 0 aliphatic carbocycles. The number of carbonyl (C=O) groups excluding carboxylic acids is 1. The third kappa shape index (κ3) is 4.33. The Bertz CT molecular complexity index is 764. The Morgan fingerprint density at radius 2 is 1.92 bits per heavy atom. The average Bonchev–Trinajstić information content (AvgIpc) is 2.50. The maximum Gasteiger partial charge on any atom is 0.339 e. The number of anilines is 1. The molecule has 0 atom stereocenters. The van der Waals surface area contributed by atoms with E-state index in [0.717, 1.165) is 0 Å². The van der Waals surface area contributed by atoms with Gasteiger partial charge in [0, 0.05) is 17.8 Å². The van der Waals surface area contributed by atoms with Crippen molar-refractivity contribution in [1.29, 1.82) is 0 Å². The molecule has 7 heteroatoms. The molecule has 2 aromatic rings. The minimum absolute atomic E-state index is 0.0365. The summed E-state index contributed by atoms with van der Waals surface area (Å²) in [6.07, 6.45) is -0.225. The number of aromatic hydroxyl groups is 2. The summed E-state index contributed by atoms with van der Waals surface area (Å²) < 4.78 is 5.54. The van der Waals surface area contributed by atoms with E-state index in [0.29, 0.717) is 15.7 Å². The summed E-state index contributed by atoms with van der Waals surface area (Å²) in [6, 6.07) is 7.68. The molecule has 0 unspecified atom stereocenters. The second kappa shape index (κ2) is 7.77. The van der Waals surface area contributed by atoms with Crippen LogP contribution >= 0.6 is 27.5 Å². The van der Waals surface area contributed by atoms with E-state index in [1.165, 1.54) is 12.1 Å². The highest BCUT2D eigenvalue weighted by Gasteiger charge is 2.14. The molecule has 0 spiro atoms. The maximum absolute atomic E-state index is 11.9. The largest absolute Gasteiger partial charge is 0.508 e. The van der Waals surface area contributed by atoms with E-state index in [1.54, 1.807) is 32.0 Å². The van der Waals surface area contributed by atoms with Crippen LogP contribution in [0.25, 0.3) is 0 Å². The molecule has 2 rings (SSSR count). The molecule has 0 aliphatic heterocycles. The summed E-state index contributed by atoms with van der Waals surface area (Å²) >= 11 is 9.37. The van der Waals surface area contributed by atoms with Gasteiger partial charge in [-0.15, -0.1) is 0 Å². The van der Waals surface area contributed by atoms with Crippen molar-refractivity contribution in [3.05, 3.63) is 51.0 Å². The summed E-state index contributed by atoms with van der Waals surface area (Å²) in [5.41, 5.74) is 1.46. The van der Waals surface area contributed by atoms with Crippen molar-refractivity contribution < 1.29 is 19.7 Å². The maximum atomic E-state index is 11.9. The average molecular weight is 415 g/mol. The van der Waals surface area contributed by atoms with Crippen LogP contribution < -0.4 is 5.32 Å². The van der Waals surface area contributed by atoms with Crippen molar-refractivity contribution in [3.63, 3.8) is 0 Å². The predicted octanol–water partition coefficient (Wildman–Crippen LogP) is 4.69. The lowest BCUT2D eigenvalue weighted by Crippen LogP contribution is -2.12. The topological polar surface area (TPSA) is 78.8 Å². The van der Waals surface area contributed by atoms with E-state index in [-0.39, 0.29) is 34.7 Å². The monoisotopic (exact) mass is 413 g/mol. The zero-order valence-corrected chi connectivity index (χ0v) is 15.5. The summed E-state index contributed by atoms with van der Waals surface area (Å²) in [4.78, 5) is 11.9. The molecular formula is C17H17BrClNO4. The fourth-order valence-corrected chi connectivity index (χ4v) is 2.76. The Morgan fingerprint density at radius 1 is 1.25 bits per heavy atom. The van der Waals surface area contributed by atoms with Crippen LogP contribution in [0.1, 0.15) is 29.8 Å². The van der Waals surface area contributed by atoms with E-state index in [4.69, 9.17) is 16.3 Å². The lowest BCUT2D eigenvalue weighted by atomic mass is 10.1. The molecule has 24 heavy (non-hydrogen) atoms. The Balaban J connectivity index is 2.14. The molecule has 5 nitrogen and oxygen atoms in total. The fourth-order valence-electron chi connectivity index (χ4n) is 2.03. The van der Waals surface area contributed by atoms with Gasteiger partial charge >= 0.3 is 5.97 Å². The first-order valence-corrected chi connectivity index (χ1v) is 8.40. The lowest BCUT2D eigenvalue weighted by molar-refractivity contribution is 0.0378. The van der Waals surface area contributed by atoms with Crippen molar-refractivity contribution >= 4 is 39.2 Å². The minimum Gasteiger partial charge on any atom is -0.508 e. The molecular weight excluding hydrogens is 398 g/mol. The predicted molar refractivity (Wildman–Crippen MR) is 96.8 cm³/mol. The van der Waals surface area contributed by atoms with E-state index in [9.17, 15) is 15.0 Å². The van der Waals surface area contributed by atoms with Crippen LogP contribution in [0.5, 0.6) is 11.5 Å². The molecule has 2 aromatic carbocycles. The van der Waals surface area contributed by atoms with Gasteiger partial charge in [0.15, 0.2) is 0 Å². The van der Waals surface area contributed by atoms with Crippen LogP contribution in [0.4, 0.5) is 5.69 Å². The van der Waals surface area contributed by atoms with Gasteiger partial charge < -0.3 is 20.3 Å². The third-order valence-corrected chi connectivity index (χ3v) is 4.40. The molecule has 0 fully saturated rings. The molecule has 0 amide bonds. The molecule has 0 bridgehead atoms. The van der Waals surface area contributed by atoms with E-state index < -0.39 is 5.97 Å². The number of esters is 1. The Morgan fingerprint density at radius 3 is 2.54 bits per heavy atom. The van der Waals surface area contributed by atoms with E-state index in [2.05, 4.69) is 21.2 Å². The van der Waals surface area contributed by atoms with Gasteiger partial charge in [-0.2, -0.15) is 0 Å². The standard InChI is InChI=1S/C17H17BrClNO4/c1-9(2)24-17(23)11-4-3-10(7-13(11)19)20-8-12-14(21)5-6-15(22)16(12)18/h3-7,9,20-22H,8H2,1-2H3. The van der Waals surface area contributed by atoms with Crippen molar-refractivity contribution in [2.75, 3.05) is 5.32 Å². The van der Waals surface area contributed by atoms with Crippen molar-refractivity contribution in [2.45, 2.75) is 26.5 Å². The molecule has 3 N–H and O–H groups in total. The highest BCUT2D eigenvalue weighted by atomic mass is 79.9. The van der Waals surface area contributed by atoms with Gasteiger partial charge in [-0.3, -0.25) is 0 Å². The second-order valence-electron chi connectivity index (χ2n) is 5.40. The van der Waals surface area contributed by atoms with Gasteiger partial charge in [0.2, 0.25) is 0 Å². The fraction of sp³-hybridized carbons (Fsp3) is 0.235. The molecule has 0 radical (unpaired) electrons. The summed E-state index contributed by atoms with van der Waals surface area (Å²) in [5, 5.41) is 22.9. The van der Waals surface area contributed by atoms with Crippen molar-refractivity contribution in [3.8, 4) is 11.5 Å². The quantitative estimate of drug-likeness (QED) is 0.488. The number of phenols is 2. The van der Waals surface area contributed by atoms with Gasteiger partial charge in [-0.05, 0) is 60.1 Å². The van der Waals surface area contributed by atoms with Crippen LogP contribution in [0.2, 0.25) is 5.02 Å². The van der Waals surface area contributed by atoms with Gasteiger partial charge in [0.25, 0.3) is 0 Å². The molecule has 0 saturated carbocycles. The van der Waals surface area contributed by atoms with Gasteiger partial charge in [0.05, 0.1) is 21.2 Å². The Kier molecular flexibility index (Phi) is 5.96. The number of halogens is 2. The smallest absolute Gasteiger partial charge is 0.339 e. The number of ether oxygens (including phenoxy) is 1. The number of phenolic OH excluding ortho intramolecular Hbond substituents is 2. The number of benzene rings is 2. The highest BCUT2D eigenvalue weighted by Crippen LogP contribution is 2.34. The second-order valence-corrected chi connectivity index (χ2v) is 6.60. The Labute approximate surface area is 153 Å². The highest BCUT2D eigenvalue weighted by molar-refractivity contribution is 9.10. The SMILES string of the molecule is CC(C)OC(=O)c1ccc(NCc2c(O)ccc(O)c2Br)cc1Cl. The molecule has 0 aromatic heterocycles. The van der Waals surface area contributed by atoms with Crippen LogP contribution in [-0.2, 0) is 11.3 Å². The first-order valence-electron chi connectivity index (χ1n) is 7.23. The Hall–Kier alpha value is -1.92. The normalized spacial score (nSPS) is 10.7. The lowest BCUT2D eigenvalue weighted by Gasteiger charge is -2.13. The van der Waals surface area contributed by atoms with Crippen LogP contribution in [0, 0.1) is 0 Å². The summed E-state index contributed by atoms with van der Waals surface area (Å²) in [6.45, 7) is 3.79. The number of hydrogen-bond donors (Lipinski definition) is 3. The van der Waals surface area contributed by atoms with Gasteiger partial charge in [0.1, 0.15) is 11.5 Å². The molecule has 0 aliphatic rings. The van der Waals surface area contributed by atoms with Crippen LogP contribution in [-0.4, -0.2) is 22.3 Å². The van der Waals surface area contributed by atoms with Crippen molar-refractivity contribution in [1.82, 2.24) is 0 Å². The zero-order valence-electron chi connectivity index (χ0n) is 13.1. The van der Waals surface area contributed by atoms with Crippen LogP contribution in [0.15, 0.2) is 34.8 Å². The first-order chi connectivity index (χ1) is 11.3. The zero-order chi connectivity index (χ0) is 17.9. The van der Waals surface area contributed by atoms with Crippen LogP contribution in [0.3, 0.4) is 0 Å². The number of rotatable bonds is 5. The number of carbonyl (C=O) groups is 1. The first kappa shape index (κ1) is 18.4. The summed E-state index contributed by atoms with van der Waals surface area (Å²) in [7, 11) is 0. The summed E-state index contributed by atoms with van der Waals surface area (Å²) in [5.74, 6) is -0.389. The number of hydrogen-bond acceptors (Lipinski definition) is 5. The third-order valence-electron chi connectivity index (χ3n) is 3.20. The molecule has 128 valence electrons. The minimum atomic E-state index is -0.477. The van der Waals surface area contributed by atoms with Crippen molar-refractivity contribution in [2.24, 2.45) is 0 Å². The molecule has 0 saturated heterocycles. The number of nitrogens with one attached hydrogen (secondary N) is 1. The molecule has 0 heterocycles. The van der Waals surface area contributed by atoms with Gasteiger partial charge in [-0.1, -0.05) is 11.6 Å². The van der Waals surface area contributed by atoms with E-state index >= 15 is 0 Å².